The minimum atomic E-state index is -0.00329. The van der Waals surface area contributed by atoms with Gasteiger partial charge in [-0.3, -0.25) is 14.4 Å². The molecule has 0 spiro atoms. The number of hydrogen-bond acceptors (Lipinski definition) is 4. The highest BCUT2D eigenvalue weighted by atomic mass is 16.1. The van der Waals surface area contributed by atoms with Gasteiger partial charge in [0.15, 0.2) is 5.65 Å². The van der Waals surface area contributed by atoms with E-state index in [4.69, 9.17) is 4.98 Å². The number of nitrogens with zero attached hydrogens (tertiary/aromatic N) is 4. The van der Waals surface area contributed by atoms with Crippen LogP contribution in [0.3, 0.4) is 0 Å². The van der Waals surface area contributed by atoms with Crippen molar-refractivity contribution in [1.29, 1.82) is 0 Å². The molecule has 25 heavy (non-hydrogen) atoms. The van der Waals surface area contributed by atoms with Gasteiger partial charge in [-0.15, -0.1) is 0 Å². The van der Waals surface area contributed by atoms with Crippen LogP contribution in [-0.2, 0) is 7.05 Å². The Hall–Kier alpha value is -1.95. The van der Waals surface area contributed by atoms with E-state index in [-0.39, 0.29) is 5.91 Å². The Labute approximate surface area is 148 Å². The summed E-state index contributed by atoms with van der Waals surface area (Å²) in [5.74, 6) is 0.506. The fourth-order valence-corrected chi connectivity index (χ4v) is 3.88. The molecule has 1 aliphatic heterocycles. The van der Waals surface area contributed by atoms with Crippen molar-refractivity contribution in [2.24, 2.45) is 7.05 Å². The average Bonchev–Trinajstić information content (AvgIpc) is 3.23. The normalized spacial score (nSPS) is 19.5. The monoisotopic (exact) mass is 341 g/mol. The number of pyridine rings is 1. The van der Waals surface area contributed by atoms with Gasteiger partial charge in [0.05, 0.1) is 16.6 Å². The van der Waals surface area contributed by atoms with Crippen LogP contribution in [0, 0.1) is 6.92 Å². The summed E-state index contributed by atoms with van der Waals surface area (Å²) in [7, 11) is 1.90. The number of carbonyl (C=O) groups excluding carboxylic acids is 1. The molecule has 2 aromatic rings. The number of likely N-dealkylation sites (tertiary alicyclic amines) is 1. The molecule has 2 aromatic heterocycles. The number of aryl methyl sites for hydroxylation is 2. The predicted octanol–water partition coefficient (Wildman–Crippen LogP) is 2.37. The van der Waals surface area contributed by atoms with Gasteiger partial charge in [0.25, 0.3) is 5.91 Å². The maximum atomic E-state index is 12.9. The molecule has 6 heteroatoms. The van der Waals surface area contributed by atoms with Gasteiger partial charge in [0.2, 0.25) is 0 Å². The number of carbonyl (C=O) groups is 1. The summed E-state index contributed by atoms with van der Waals surface area (Å²) in [6.07, 6.45) is 4.87. The average molecular weight is 341 g/mol. The molecule has 1 atom stereocenters. The molecule has 0 unspecified atom stereocenters. The SMILES string of the molecule is Cc1nn(C)c2nc(C3CC3)cc(C(=O)NC[C@@H](C)N3CCCC3)c12. The Morgan fingerprint density at radius 2 is 2.08 bits per heavy atom. The van der Waals surface area contributed by atoms with Crippen LogP contribution in [0.15, 0.2) is 6.07 Å². The second-order valence-electron chi connectivity index (χ2n) is 7.58. The fourth-order valence-electron chi connectivity index (χ4n) is 3.88. The Morgan fingerprint density at radius 3 is 2.76 bits per heavy atom. The highest BCUT2D eigenvalue weighted by molar-refractivity contribution is 6.06. The molecule has 1 saturated heterocycles. The zero-order valence-electron chi connectivity index (χ0n) is 15.4. The van der Waals surface area contributed by atoms with Crippen molar-refractivity contribution < 1.29 is 4.79 Å². The number of fused-ring (bicyclic) bond motifs is 1. The maximum Gasteiger partial charge on any atom is 0.252 e. The molecular formula is C19H27N5O. The van der Waals surface area contributed by atoms with E-state index in [9.17, 15) is 4.79 Å². The fraction of sp³-hybridized carbons (Fsp3) is 0.632. The molecule has 6 nitrogen and oxygen atoms in total. The second kappa shape index (κ2) is 6.41. The molecule has 0 bridgehead atoms. The van der Waals surface area contributed by atoms with Crippen molar-refractivity contribution in [3.63, 3.8) is 0 Å². The third-order valence-corrected chi connectivity index (χ3v) is 5.55. The first-order valence-corrected chi connectivity index (χ1v) is 9.41. The van der Waals surface area contributed by atoms with E-state index in [1.54, 1.807) is 4.68 Å². The van der Waals surface area contributed by atoms with Gasteiger partial charge < -0.3 is 5.32 Å². The zero-order valence-corrected chi connectivity index (χ0v) is 15.4. The lowest BCUT2D eigenvalue weighted by molar-refractivity contribution is 0.0942. The maximum absolute atomic E-state index is 12.9. The molecule has 4 rings (SSSR count). The van der Waals surface area contributed by atoms with Crippen LogP contribution in [0.1, 0.15) is 60.3 Å². The summed E-state index contributed by atoms with van der Waals surface area (Å²) < 4.78 is 1.79. The number of rotatable bonds is 5. The first-order chi connectivity index (χ1) is 12.0. The van der Waals surface area contributed by atoms with Crippen molar-refractivity contribution >= 4 is 16.9 Å². The third-order valence-electron chi connectivity index (χ3n) is 5.55. The molecule has 1 N–H and O–H groups in total. The molecule has 0 radical (unpaired) electrons. The minimum absolute atomic E-state index is 0.00329. The van der Waals surface area contributed by atoms with Gasteiger partial charge >= 0.3 is 0 Å². The van der Waals surface area contributed by atoms with Crippen LogP contribution < -0.4 is 5.32 Å². The summed E-state index contributed by atoms with van der Waals surface area (Å²) >= 11 is 0. The van der Waals surface area contributed by atoms with E-state index >= 15 is 0 Å². The van der Waals surface area contributed by atoms with Crippen LogP contribution in [0.4, 0.5) is 0 Å². The van der Waals surface area contributed by atoms with Crippen molar-refractivity contribution in [1.82, 2.24) is 25.0 Å². The van der Waals surface area contributed by atoms with Crippen molar-refractivity contribution in [3.05, 3.63) is 23.0 Å². The summed E-state index contributed by atoms with van der Waals surface area (Å²) in [6.45, 7) is 7.11. The first kappa shape index (κ1) is 16.5. The molecule has 2 aliphatic rings. The Balaban J connectivity index is 1.59. The van der Waals surface area contributed by atoms with Gasteiger partial charge in [-0.2, -0.15) is 5.10 Å². The van der Waals surface area contributed by atoms with E-state index in [1.807, 2.05) is 20.0 Å². The standard InChI is InChI=1S/C19H27N5O/c1-12(24-8-4-5-9-24)11-20-19(25)15-10-16(14-6-7-14)21-18-17(15)13(2)22-23(18)3/h10,12,14H,4-9,11H2,1-3H3,(H,20,25)/t12-/m1/s1. The molecule has 3 heterocycles. The quantitative estimate of drug-likeness (QED) is 0.907. The predicted molar refractivity (Wildman–Crippen MR) is 97.8 cm³/mol. The van der Waals surface area contributed by atoms with E-state index < -0.39 is 0 Å². The van der Waals surface area contributed by atoms with Crippen molar-refractivity contribution in [2.75, 3.05) is 19.6 Å². The minimum Gasteiger partial charge on any atom is -0.350 e. The molecule has 1 saturated carbocycles. The summed E-state index contributed by atoms with van der Waals surface area (Å²) in [5, 5.41) is 8.51. The highest BCUT2D eigenvalue weighted by Crippen LogP contribution is 2.40. The summed E-state index contributed by atoms with van der Waals surface area (Å²) in [5.41, 5.74) is 3.45. The van der Waals surface area contributed by atoms with E-state index in [1.165, 1.54) is 25.7 Å². The molecule has 0 aromatic carbocycles. The zero-order chi connectivity index (χ0) is 17.6. The lowest BCUT2D eigenvalue weighted by atomic mass is 10.1. The topological polar surface area (TPSA) is 63.1 Å². The lowest BCUT2D eigenvalue weighted by Crippen LogP contribution is -2.40. The van der Waals surface area contributed by atoms with Crippen LogP contribution >= 0.6 is 0 Å². The van der Waals surface area contributed by atoms with Crippen LogP contribution in [0.2, 0.25) is 0 Å². The van der Waals surface area contributed by atoms with Gasteiger partial charge in [0.1, 0.15) is 0 Å². The largest absolute Gasteiger partial charge is 0.350 e. The van der Waals surface area contributed by atoms with E-state index in [2.05, 4.69) is 22.2 Å². The van der Waals surface area contributed by atoms with E-state index in [0.717, 1.165) is 41.1 Å². The van der Waals surface area contributed by atoms with Gasteiger partial charge in [-0.1, -0.05) is 0 Å². The second-order valence-corrected chi connectivity index (χ2v) is 7.58. The Morgan fingerprint density at radius 1 is 1.36 bits per heavy atom. The molecule has 2 fully saturated rings. The molecule has 1 amide bonds. The molecule has 134 valence electrons. The van der Waals surface area contributed by atoms with Gasteiger partial charge in [-0.05, 0) is 58.7 Å². The first-order valence-electron chi connectivity index (χ1n) is 9.41. The third kappa shape index (κ3) is 3.15. The number of hydrogen-bond donors (Lipinski definition) is 1. The number of amides is 1. The van der Waals surface area contributed by atoms with Gasteiger partial charge in [0, 0.05) is 31.2 Å². The number of aromatic nitrogens is 3. The van der Waals surface area contributed by atoms with Crippen LogP contribution in [0.25, 0.3) is 11.0 Å². The Kier molecular flexibility index (Phi) is 4.23. The smallest absolute Gasteiger partial charge is 0.252 e. The van der Waals surface area contributed by atoms with Gasteiger partial charge in [-0.25, -0.2) is 4.98 Å². The summed E-state index contributed by atoms with van der Waals surface area (Å²) in [6, 6.07) is 2.37. The lowest BCUT2D eigenvalue weighted by Gasteiger charge is -2.24. The van der Waals surface area contributed by atoms with Crippen LogP contribution in [-0.4, -0.2) is 51.2 Å². The van der Waals surface area contributed by atoms with Crippen LogP contribution in [0.5, 0.6) is 0 Å². The molecular weight excluding hydrogens is 314 g/mol. The van der Waals surface area contributed by atoms with Crippen molar-refractivity contribution in [3.8, 4) is 0 Å². The highest BCUT2D eigenvalue weighted by Gasteiger charge is 2.28. The van der Waals surface area contributed by atoms with Crippen molar-refractivity contribution in [2.45, 2.75) is 51.5 Å². The molecule has 1 aliphatic carbocycles. The van der Waals surface area contributed by atoms with E-state index in [0.29, 0.717) is 18.5 Å². The summed E-state index contributed by atoms with van der Waals surface area (Å²) in [4.78, 5) is 20.2. The number of nitrogens with one attached hydrogen (secondary N) is 1. The Bertz CT molecular complexity index is 802.